The Bertz CT molecular complexity index is 421. The van der Waals surface area contributed by atoms with E-state index >= 15 is 0 Å². The van der Waals surface area contributed by atoms with Crippen LogP contribution in [0.1, 0.15) is 32.4 Å². The van der Waals surface area contributed by atoms with Gasteiger partial charge in [0, 0.05) is 16.6 Å². The molecule has 0 heterocycles. The molecule has 18 heavy (non-hydrogen) atoms. The van der Waals surface area contributed by atoms with E-state index in [9.17, 15) is 4.79 Å². The average molecular weight is 272 g/mol. The van der Waals surface area contributed by atoms with Crippen LogP contribution in [0.2, 0.25) is 5.02 Å². The fourth-order valence-electron chi connectivity index (χ4n) is 1.48. The molecular weight excluding hydrogens is 254 g/mol. The summed E-state index contributed by atoms with van der Waals surface area (Å²) in [6.07, 6.45) is -0.677. The van der Waals surface area contributed by atoms with Crippen LogP contribution >= 0.6 is 11.6 Å². The fraction of sp³-hybridized carbons (Fsp3) is 0.462. The Morgan fingerprint density at radius 2 is 2.11 bits per heavy atom. The van der Waals surface area contributed by atoms with E-state index in [-0.39, 0.29) is 6.04 Å². The highest BCUT2D eigenvalue weighted by Gasteiger charge is 2.18. The van der Waals surface area contributed by atoms with Gasteiger partial charge in [0.1, 0.15) is 5.75 Å². The summed E-state index contributed by atoms with van der Waals surface area (Å²) in [5.41, 5.74) is 6.60. The number of hydrogen-bond acceptors (Lipinski definition) is 4. The molecule has 0 amide bonds. The predicted octanol–water partition coefficient (Wildman–Crippen LogP) is 2.69. The summed E-state index contributed by atoms with van der Waals surface area (Å²) >= 11 is 5.91. The molecule has 0 saturated carbocycles. The molecule has 2 atom stereocenters. The van der Waals surface area contributed by atoms with Crippen molar-refractivity contribution in [2.24, 2.45) is 5.73 Å². The Balaban J connectivity index is 2.87. The molecule has 0 radical (unpaired) electrons. The van der Waals surface area contributed by atoms with Crippen LogP contribution in [-0.4, -0.2) is 18.7 Å². The monoisotopic (exact) mass is 271 g/mol. The molecule has 0 aromatic heterocycles. The van der Waals surface area contributed by atoms with E-state index in [1.165, 1.54) is 0 Å². The molecule has 2 N–H and O–H groups in total. The van der Waals surface area contributed by atoms with Gasteiger partial charge < -0.3 is 15.2 Å². The van der Waals surface area contributed by atoms with Crippen LogP contribution in [0.3, 0.4) is 0 Å². The van der Waals surface area contributed by atoms with E-state index in [4.69, 9.17) is 26.8 Å². The molecule has 100 valence electrons. The third-order valence-corrected chi connectivity index (χ3v) is 2.62. The molecule has 0 aliphatic rings. The smallest absolute Gasteiger partial charge is 0.347 e. The molecular formula is C13H18ClNO3. The molecule has 1 unspecified atom stereocenters. The minimum absolute atomic E-state index is 0.229. The highest BCUT2D eigenvalue weighted by atomic mass is 35.5. The van der Waals surface area contributed by atoms with Gasteiger partial charge in [0.2, 0.25) is 0 Å². The van der Waals surface area contributed by atoms with Gasteiger partial charge in [0.05, 0.1) is 6.61 Å². The Kier molecular flexibility index (Phi) is 5.44. The van der Waals surface area contributed by atoms with Gasteiger partial charge in [-0.1, -0.05) is 11.6 Å². The van der Waals surface area contributed by atoms with Crippen molar-refractivity contribution in [2.45, 2.75) is 32.9 Å². The summed E-state index contributed by atoms with van der Waals surface area (Å²) in [6.45, 7) is 5.54. The van der Waals surface area contributed by atoms with Crippen molar-refractivity contribution < 1.29 is 14.3 Å². The van der Waals surface area contributed by atoms with Crippen LogP contribution in [0, 0.1) is 0 Å². The Labute approximate surface area is 112 Å². The Morgan fingerprint density at radius 3 is 2.67 bits per heavy atom. The molecule has 1 rings (SSSR count). The van der Waals surface area contributed by atoms with Crippen LogP contribution in [0.25, 0.3) is 0 Å². The van der Waals surface area contributed by atoms with Crippen molar-refractivity contribution in [1.29, 1.82) is 0 Å². The summed E-state index contributed by atoms with van der Waals surface area (Å²) < 4.78 is 10.4. The lowest BCUT2D eigenvalue weighted by molar-refractivity contribution is -0.150. The lowest BCUT2D eigenvalue weighted by Gasteiger charge is -2.18. The Morgan fingerprint density at radius 1 is 1.44 bits per heavy atom. The number of ether oxygens (including phenoxy) is 2. The quantitative estimate of drug-likeness (QED) is 0.837. The first-order chi connectivity index (χ1) is 8.45. The van der Waals surface area contributed by atoms with Gasteiger partial charge in [0.25, 0.3) is 0 Å². The van der Waals surface area contributed by atoms with Gasteiger partial charge >= 0.3 is 5.97 Å². The van der Waals surface area contributed by atoms with E-state index in [2.05, 4.69) is 0 Å². The van der Waals surface area contributed by atoms with Crippen LogP contribution in [0.4, 0.5) is 0 Å². The van der Waals surface area contributed by atoms with Gasteiger partial charge in [-0.3, -0.25) is 0 Å². The summed E-state index contributed by atoms with van der Waals surface area (Å²) in [6, 6.07) is 4.91. The maximum atomic E-state index is 11.5. The minimum Gasteiger partial charge on any atom is -0.479 e. The third kappa shape index (κ3) is 3.89. The normalized spacial score (nSPS) is 13.8. The van der Waals surface area contributed by atoms with Crippen molar-refractivity contribution in [1.82, 2.24) is 0 Å². The van der Waals surface area contributed by atoms with E-state index in [0.717, 1.165) is 5.56 Å². The second-order valence-electron chi connectivity index (χ2n) is 3.98. The second kappa shape index (κ2) is 6.61. The molecule has 0 spiro atoms. The van der Waals surface area contributed by atoms with Crippen LogP contribution < -0.4 is 10.5 Å². The lowest BCUT2D eigenvalue weighted by atomic mass is 10.1. The maximum absolute atomic E-state index is 11.5. The number of halogens is 1. The van der Waals surface area contributed by atoms with Crippen LogP contribution in [0.5, 0.6) is 5.75 Å². The van der Waals surface area contributed by atoms with Gasteiger partial charge in [0.15, 0.2) is 6.10 Å². The second-order valence-corrected chi connectivity index (χ2v) is 4.42. The molecule has 0 aliphatic carbocycles. The van der Waals surface area contributed by atoms with Gasteiger partial charge in [-0.2, -0.15) is 0 Å². The number of benzene rings is 1. The number of rotatable bonds is 5. The van der Waals surface area contributed by atoms with E-state index in [1.807, 2.05) is 6.92 Å². The number of hydrogen-bond donors (Lipinski definition) is 1. The summed E-state index contributed by atoms with van der Waals surface area (Å²) in [4.78, 5) is 11.5. The molecule has 1 aromatic carbocycles. The third-order valence-electron chi connectivity index (χ3n) is 2.38. The zero-order chi connectivity index (χ0) is 13.7. The molecule has 5 heteroatoms. The van der Waals surface area contributed by atoms with Crippen molar-refractivity contribution in [3.63, 3.8) is 0 Å². The van der Waals surface area contributed by atoms with E-state index in [1.54, 1.807) is 32.0 Å². The average Bonchev–Trinajstić information content (AvgIpc) is 2.31. The zero-order valence-electron chi connectivity index (χ0n) is 10.8. The first kappa shape index (κ1) is 14.8. The standard InChI is InChI=1S/C13H18ClNO3/c1-4-17-13(16)9(3)18-12-6-5-10(14)7-11(12)8(2)15/h5-9H,4,15H2,1-3H3/t8-,9?/m1/s1. The lowest BCUT2D eigenvalue weighted by Crippen LogP contribution is -2.26. The number of carbonyl (C=O) groups is 1. The first-order valence-electron chi connectivity index (χ1n) is 5.84. The van der Waals surface area contributed by atoms with Crippen molar-refractivity contribution in [3.05, 3.63) is 28.8 Å². The van der Waals surface area contributed by atoms with Crippen LogP contribution in [-0.2, 0) is 9.53 Å². The van der Waals surface area contributed by atoms with E-state index < -0.39 is 12.1 Å². The summed E-state index contributed by atoms with van der Waals surface area (Å²) in [7, 11) is 0. The molecule has 0 fully saturated rings. The van der Waals surface area contributed by atoms with Crippen molar-refractivity contribution >= 4 is 17.6 Å². The Hall–Kier alpha value is -1.26. The van der Waals surface area contributed by atoms with E-state index in [0.29, 0.717) is 17.4 Å². The van der Waals surface area contributed by atoms with Gasteiger partial charge in [-0.15, -0.1) is 0 Å². The largest absolute Gasteiger partial charge is 0.479 e. The molecule has 0 saturated heterocycles. The number of esters is 1. The topological polar surface area (TPSA) is 61.5 Å². The zero-order valence-corrected chi connectivity index (χ0v) is 11.5. The van der Waals surface area contributed by atoms with Crippen LogP contribution in [0.15, 0.2) is 18.2 Å². The SMILES string of the molecule is CCOC(=O)C(C)Oc1ccc(Cl)cc1[C@@H](C)N. The minimum atomic E-state index is -0.677. The number of carbonyl (C=O) groups excluding carboxylic acids is 1. The maximum Gasteiger partial charge on any atom is 0.347 e. The molecule has 0 aliphatic heterocycles. The predicted molar refractivity (Wildman–Crippen MR) is 70.8 cm³/mol. The van der Waals surface area contributed by atoms with Crippen molar-refractivity contribution in [3.8, 4) is 5.75 Å². The highest BCUT2D eigenvalue weighted by molar-refractivity contribution is 6.30. The van der Waals surface area contributed by atoms with Crippen molar-refractivity contribution in [2.75, 3.05) is 6.61 Å². The fourth-order valence-corrected chi connectivity index (χ4v) is 1.66. The summed E-state index contributed by atoms with van der Waals surface area (Å²) in [5.74, 6) is 0.151. The highest BCUT2D eigenvalue weighted by Crippen LogP contribution is 2.28. The first-order valence-corrected chi connectivity index (χ1v) is 6.21. The molecule has 1 aromatic rings. The van der Waals surface area contributed by atoms with Gasteiger partial charge in [-0.25, -0.2) is 4.79 Å². The number of nitrogens with two attached hydrogens (primary N) is 1. The molecule has 4 nitrogen and oxygen atoms in total. The summed E-state index contributed by atoms with van der Waals surface area (Å²) in [5, 5.41) is 0.582. The van der Waals surface area contributed by atoms with Gasteiger partial charge in [-0.05, 0) is 39.0 Å². The molecule has 0 bridgehead atoms.